The summed E-state index contributed by atoms with van der Waals surface area (Å²) in [4.78, 5) is 13.6. The quantitative estimate of drug-likeness (QED) is 0.323. The van der Waals surface area contributed by atoms with Gasteiger partial charge in [0.15, 0.2) is 0 Å². The van der Waals surface area contributed by atoms with E-state index in [1.165, 1.54) is 0 Å². The van der Waals surface area contributed by atoms with Gasteiger partial charge in [-0.3, -0.25) is 0 Å². The number of hydrogen-bond acceptors (Lipinski definition) is 4. The molecule has 1 aliphatic rings. The van der Waals surface area contributed by atoms with E-state index < -0.39 is 10.7 Å². The number of hydroxylamine groups is 3. The highest BCUT2D eigenvalue weighted by Crippen LogP contribution is 2.01. The summed E-state index contributed by atoms with van der Waals surface area (Å²) >= 11 is 0. The fraction of sp³-hybridized carbons (Fsp3) is 0.500. The molecule has 0 spiro atoms. The highest BCUT2D eigenvalue weighted by atomic mass is 16.6. The van der Waals surface area contributed by atoms with Crippen molar-refractivity contribution in [2.24, 2.45) is 4.99 Å². The van der Waals surface area contributed by atoms with Gasteiger partial charge in [-0.05, 0) is 0 Å². The summed E-state index contributed by atoms with van der Waals surface area (Å²) in [6.45, 7) is 0.410. The lowest BCUT2D eigenvalue weighted by Gasteiger charge is -2.18. The van der Waals surface area contributed by atoms with Crippen molar-refractivity contribution in [3.63, 3.8) is 0 Å². The first-order valence-electron chi connectivity index (χ1n) is 2.48. The minimum absolute atomic E-state index is 0.0718. The van der Waals surface area contributed by atoms with E-state index in [0.29, 0.717) is 6.54 Å². The van der Waals surface area contributed by atoms with Gasteiger partial charge < -0.3 is 9.90 Å². The molecule has 5 heteroatoms. The van der Waals surface area contributed by atoms with Gasteiger partial charge in [0.1, 0.15) is 6.54 Å². The second-order valence-corrected chi connectivity index (χ2v) is 1.84. The first-order chi connectivity index (χ1) is 4.15. The van der Waals surface area contributed by atoms with Crippen molar-refractivity contribution in [2.45, 2.75) is 0 Å². The monoisotopic (exact) mass is 130 g/mol. The van der Waals surface area contributed by atoms with Gasteiger partial charge in [0.2, 0.25) is 6.34 Å². The predicted octanol–water partition coefficient (Wildman–Crippen LogP) is -1.42. The number of quaternary nitrogens is 1. The zero-order valence-corrected chi connectivity index (χ0v) is 4.65. The van der Waals surface area contributed by atoms with Gasteiger partial charge in [0.25, 0.3) is 6.09 Å². The maximum atomic E-state index is 10.0. The minimum Gasteiger partial charge on any atom is -0.496 e. The molecule has 0 fully saturated rings. The molecule has 1 aliphatic heterocycles. The molecule has 0 bridgehead atoms. The second kappa shape index (κ2) is 1.78. The van der Waals surface area contributed by atoms with Crippen LogP contribution in [-0.2, 0) is 0 Å². The van der Waals surface area contributed by atoms with E-state index in [1.807, 2.05) is 0 Å². The molecule has 0 aromatic carbocycles. The number of rotatable bonds is 0. The summed E-state index contributed by atoms with van der Waals surface area (Å²) in [5.74, 6) is 0. The maximum absolute atomic E-state index is 10.0. The highest BCUT2D eigenvalue weighted by molar-refractivity contribution is 5.67. The Labute approximate surface area is 51.4 Å². The van der Waals surface area contributed by atoms with Crippen LogP contribution < -0.4 is 5.11 Å². The average Bonchev–Trinajstić information content (AvgIpc) is 2.16. The first-order valence-corrected chi connectivity index (χ1v) is 2.48. The number of hydrogen-bond donors (Lipinski definition) is 1. The lowest BCUT2D eigenvalue weighted by molar-refractivity contribution is -0.971. The molecular formula is C4H6N2O3. The number of amides is 1. The van der Waals surface area contributed by atoms with Crippen LogP contribution in [0.15, 0.2) is 4.99 Å². The largest absolute Gasteiger partial charge is 0.496 e. The Morgan fingerprint density at radius 1 is 1.89 bits per heavy atom. The topological polar surface area (TPSA) is 72.7 Å². The molecule has 1 rings (SSSR count). The molecule has 50 valence electrons. The SMILES string of the molecule is O=C([O-])[N+]1(O)C=NCC1. The van der Waals surface area contributed by atoms with Crippen LogP contribution >= 0.6 is 0 Å². The van der Waals surface area contributed by atoms with E-state index in [0.717, 1.165) is 6.34 Å². The van der Waals surface area contributed by atoms with E-state index in [-0.39, 0.29) is 6.54 Å². The van der Waals surface area contributed by atoms with E-state index >= 15 is 0 Å². The Hall–Kier alpha value is -0.940. The molecule has 0 saturated heterocycles. The molecule has 0 aliphatic carbocycles. The lowest BCUT2D eigenvalue weighted by atomic mass is 10.6. The third-order valence-electron chi connectivity index (χ3n) is 1.16. The first kappa shape index (κ1) is 6.18. The lowest BCUT2D eigenvalue weighted by Crippen LogP contribution is -2.54. The second-order valence-electron chi connectivity index (χ2n) is 1.84. The van der Waals surface area contributed by atoms with Crippen molar-refractivity contribution in [2.75, 3.05) is 13.1 Å². The van der Waals surface area contributed by atoms with Crippen molar-refractivity contribution in [1.82, 2.24) is 0 Å². The Balaban J connectivity index is 2.74. The molecule has 0 radical (unpaired) electrons. The van der Waals surface area contributed by atoms with Gasteiger partial charge in [-0.15, -0.1) is 0 Å². The summed E-state index contributed by atoms with van der Waals surface area (Å²) in [6.07, 6.45) is -0.578. The molecule has 1 N–H and O–H groups in total. The van der Waals surface area contributed by atoms with Gasteiger partial charge in [-0.25, -0.2) is 10.2 Å². The Bertz CT molecular complexity index is 167. The summed E-state index contributed by atoms with van der Waals surface area (Å²) in [5, 5.41) is 18.9. The number of carbonyl (C=O) groups excluding carboxylic acids is 1. The molecule has 5 nitrogen and oxygen atoms in total. The van der Waals surface area contributed by atoms with E-state index in [2.05, 4.69) is 4.99 Å². The van der Waals surface area contributed by atoms with Crippen LogP contribution in [0.1, 0.15) is 0 Å². The summed E-state index contributed by atoms with van der Waals surface area (Å²) < 4.78 is -1.18. The number of carboxylic acid groups (broad SMARTS) is 1. The molecule has 0 saturated carbocycles. The van der Waals surface area contributed by atoms with Crippen LogP contribution in [0.4, 0.5) is 4.79 Å². The minimum atomic E-state index is -1.53. The fourth-order valence-electron chi connectivity index (χ4n) is 0.599. The molecule has 0 aromatic rings. The van der Waals surface area contributed by atoms with Crippen LogP contribution in [0.2, 0.25) is 0 Å². The van der Waals surface area contributed by atoms with E-state index in [4.69, 9.17) is 5.21 Å². The van der Waals surface area contributed by atoms with Crippen LogP contribution in [0.5, 0.6) is 0 Å². The van der Waals surface area contributed by atoms with Crippen LogP contribution in [0, 0.1) is 0 Å². The summed E-state index contributed by atoms with van der Waals surface area (Å²) in [7, 11) is 0. The molecule has 0 aromatic heterocycles. The van der Waals surface area contributed by atoms with Gasteiger partial charge in [-0.2, -0.15) is 0 Å². The van der Waals surface area contributed by atoms with Crippen LogP contribution in [0.25, 0.3) is 0 Å². The van der Waals surface area contributed by atoms with Crippen molar-refractivity contribution in [3.8, 4) is 0 Å². The third kappa shape index (κ3) is 0.914. The number of aliphatic imine (C=N–C) groups is 1. The van der Waals surface area contributed by atoms with Crippen LogP contribution in [0.3, 0.4) is 0 Å². The van der Waals surface area contributed by atoms with Gasteiger partial charge >= 0.3 is 0 Å². The van der Waals surface area contributed by atoms with Gasteiger partial charge in [-0.1, -0.05) is 4.65 Å². The van der Waals surface area contributed by atoms with E-state index in [1.54, 1.807) is 0 Å². The van der Waals surface area contributed by atoms with Gasteiger partial charge in [0.05, 0.1) is 6.54 Å². The molecule has 1 unspecified atom stereocenters. The predicted molar refractivity (Wildman–Crippen MR) is 25.7 cm³/mol. The molecular weight excluding hydrogens is 124 g/mol. The van der Waals surface area contributed by atoms with E-state index in [9.17, 15) is 9.90 Å². The maximum Gasteiger partial charge on any atom is 0.298 e. The Morgan fingerprint density at radius 3 is 2.78 bits per heavy atom. The molecule has 1 atom stereocenters. The van der Waals surface area contributed by atoms with Crippen molar-refractivity contribution >= 4 is 12.4 Å². The third-order valence-corrected chi connectivity index (χ3v) is 1.16. The smallest absolute Gasteiger partial charge is 0.298 e. The van der Waals surface area contributed by atoms with Crippen LogP contribution in [-0.4, -0.2) is 35.4 Å². The summed E-state index contributed by atoms with van der Waals surface area (Å²) in [6, 6.07) is 0. The Kier molecular flexibility index (Phi) is 1.22. The molecule has 1 amide bonds. The van der Waals surface area contributed by atoms with Crippen molar-refractivity contribution < 1.29 is 19.8 Å². The normalized spacial score (nSPS) is 33.0. The molecule has 9 heavy (non-hydrogen) atoms. The standard InChI is InChI=1S/C4H6N2O3/c7-4(8)6(9)2-1-5-3-6/h3,9H,1-2H2. The van der Waals surface area contributed by atoms with Crippen molar-refractivity contribution in [3.05, 3.63) is 0 Å². The zero-order chi connectivity index (χ0) is 6.91. The van der Waals surface area contributed by atoms with Crippen molar-refractivity contribution in [1.29, 1.82) is 0 Å². The van der Waals surface area contributed by atoms with Gasteiger partial charge in [0, 0.05) is 0 Å². The number of nitrogens with zero attached hydrogens (tertiary/aromatic N) is 2. The zero-order valence-electron chi connectivity index (χ0n) is 4.65. The summed E-state index contributed by atoms with van der Waals surface area (Å²) in [5.41, 5.74) is 0. The number of carbonyl (C=O) groups is 1. The Morgan fingerprint density at radius 2 is 2.56 bits per heavy atom. The highest BCUT2D eigenvalue weighted by Gasteiger charge is 2.30. The molecule has 1 heterocycles. The average molecular weight is 130 g/mol. The fourth-order valence-corrected chi connectivity index (χ4v) is 0.599.